The van der Waals surface area contributed by atoms with E-state index < -0.39 is 4.92 Å². The molecular formula is C14H18N2O6. The second-order valence-corrected chi connectivity index (χ2v) is 4.52. The van der Waals surface area contributed by atoms with Gasteiger partial charge in [-0.2, -0.15) is 0 Å². The minimum absolute atomic E-state index is 0.000359. The molecule has 0 atom stereocenters. The third-order valence-electron chi connectivity index (χ3n) is 2.84. The number of nitrogens with one attached hydrogen (secondary N) is 1. The number of nitro benzene ring substituents is 1. The maximum atomic E-state index is 11.5. The Hall–Kier alpha value is -2.64. The average Bonchev–Trinajstić information content (AvgIpc) is 2.48. The molecule has 0 radical (unpaired) electrons. The Morgan fingerprint density at radius 2 is 2.09 bits per heavy atom. The fourth-order valence-electron chi connectivity index (χ4n) is 1.69. The van der Waals surface area contributed by atoms with Gasteiger partial charge in [-0.3, -0.25) is 19.7 Å². The van der Waals surface area contributed by atoms with Crippen molar-refractivity contribution in [3.8, 4) is 5.75 Å². The zero-order chi connectivity index (χ0) is 16.5. The molecule has 0 saturated heterocycles. The summed E-state index contributed by atoms with van der Waals surface area (Å²) in [4.78, 5) is 32.6. The van der Waals surface area contributed by atoms with Crippen LogP contribution in [0.25, 0.3) is 0 Å². The predicted molar refractivity (Wildman–Crippen MR) is 77.6 cm³/mol. The summed E-state index contributed by atoms with van der Waals surface area (Å²) in [6, 6.07) is 4.28. The van der Waals surface area contributed by atoms with Crippen molar-refractivity contribution in [3.63, 3.8) is 0 Å². The normalized spacial score (nSPS) is 9.91. The van der Waals surface area contributed by atoms with Gasteiger partial charge in [0.25, 0.3) is 11.6 Å². The van der Waals surface area contributed by atoms with Gasteiger partial charge in [-0.15, -0.1) is 0 Å². The fraction of sp³-hybridized carbons (Fsp3) is 0.429. The molecule has 0 unspecified atom stereocenters. The van der Waals surface area contributed by atoms with Crippen LogP contribution in [0.1, 0.15) is 18.4 Å². The summed E-state index contributed by atoms with van der Waals surface area (Å²) in [6.07, 6.45) is 0.717. The SMILES string of the molecule is COC(=O)CCCNC(=O)COc1ccc([N+](=O)[O-])c(C)c1. The lowest BCUT2D eigenvalue weighted by Crippen LogP contribution is -2.30. The Balaban J connectivity index is 2.34. The first kappa shape index (κ1) is 17.4. The number of nitro groups is 1. The molecule has 1 amide bonds. The van der Waals surface area contributed by atoms with Crippen LogP contribution in [0.2, 0.25) is 0 Å². The van der Waals surface area contributed by atoms with Crippen molar-refractivity contribution in [2.24, 2.45) is 0 Å². The summed E-state index contributed by atoms with van der Waals surface area (Å²) in [7, 11) is 1.31. The van der Waals surface area contributed by atoms with Crippen LogP contribution in [0.5, 0.6) is 5.75 Å². The molecule has 1 aromatic rings. The van der Waals surface area contributed by atoms with Crippen LogP contribution in [0, 0.1) is 17.0 Å². The summed E-state index contributed by atoms with van der Waals surface area (Å²) in [5.74, 6) is -0.277. The van der Waals surface area contributed by atoms with E-state index in [2.05, 4.69) is 10.1 Å². The molecule has 8 heteroatoms. The number of aryl methyl sites for hydroxylation is 1. The van der Waals surface area contributed by atoms with E-state index >= 15 is 0 Å². The molecule has 120 valence electrons. The number of ether oxygens (including phenoxy) is 2. The lowest BCUT2D eigenvalue weighted by Gasteiger charge is -2.08. The van der Waals surface area contributed by atoms with Crippen LogP contribution in [0.15, 0.2) is 18.2 Å². The van der Waals surface area contributed by atoms with Crippen LogP contribution in [-0.2, 0) is 14.3 Å². The van der Waals surface area contributed by atoms with Crippen LogP contribution in [0.4, 0.5) is 5.69 Å². The molecule has 0 aliphatic rings. The number of rotatable bonds is 8. The van der Waals surface area contributed by atoms with Gasteiger partial charge < -0.3 is 14.8 Å². The maximum Gasteiger partial charge on any atom is 0.305 e. The zero-order valence-corrected chi connectivity index (χ0v) is 12.5. The Morgan fingerprint density at radius 1 is 1.36 bits per heavy atom. The molecule has 1 N–H and O–H groups in total. The Labute approximate surface area is 127 Å². The van der Waals surface area contributed by atoms with E-state index in [0.717, 1.165) is 0 Å². The van der Waals surface area contributed by atoms with E-state index in [4.69, 9.17) is 4.74 Å². The van der Waals surface area contributed by atoms with Crippen molar-refractivity contribution in [3.05, 3.63) is 33.9 Å². The van der Waals surface area contributed by atoms with Gasteiger partial charge in [0, 0.05) is 24.6 Å². The van der Waals surface area contributed by atoms with Gasteiger partial charge in [0.2, 0.25) is 0 Å². The Morgan fingerprint density at radius 3 is 2.68 bits per heavy atom. The molecule has 1 aromatic carbocycles. The summed E-state index contributed by atoms with van der Waals surface area (Å²) < 4.78 is 9.73. The summed E-state index contributed by atoms with van der Waals surface area (Å²) in [6.45, 7) is 1.74. The number of esters is 1. The number of hydrogen-bond donors (Lipinski definition) is 1. The molecule has 1 rings (SSSR count). The minimum Gasteiger partial charge on any atom is -0.484 e. The van der Waals surface area contributed by atoms with Gasteiger partial charge in [-0.1, -0.05) is 0 Å². The van der Waals surface area contributed by atoms with Gasteiger partial charge in [0.15, 0.2) is 6.61 Å². The molecule has 0 aliphatic carbocycles. The number of nitrogens with zero attached hydrogens (tertiary/aromatic N) is 1. The number of methoxy groups -OCH3 is 1. The molecule has 0 saturated carbocycles. The second-order valence-electron chi connectivity index (χ2n) is 4.52. The molecule has 0 heterocycles. The molecule has 8 nitrogen and oxygen atoms in total. The highest BCUT2D eigenvalue weighted by molar-refractivity contribution is 5.77. The lowest BCUT2D eigenvalue weighted by molar-refractivity contribution is -0.385. The van der Waals surface area contributed by atoms with Crippen LogP contribution < -0.4 is 10.1 Å². The third-order valence-corrected chi connectivity index (χ3v) is 2.84. The monoisotopic (exact) mass is 310 g/mol. The van der Waals surface area contributed by atoms with Gasteiger partial charge in [-0.05, 0) is 25.5 Å². The molecular weight excluding hydrogens is 292 g/mol. The Bertz CT molecular complexity index is 558. The van der Waals surface area contributed by atoms with Crippen molar-refractivity contribution in [2.75, 3.05) is 20.3 Å². The Kier molecular flexibility index (Phi) is 6.81. The topological polar surface area (TPSA) is 108 Å². The number of benzene rings is 1. The molecule has 0 bridgehead atoms. The van der Waals surface area contributed by atoms with Crippen molar-refractivity contribution in [1.29, 1.82) is 0 Å². The van der Waals surface area contributed by atoms with Gasteiger partial charge in [0.05, 0.1) is 12.0 Å². The molecule has 0 aliphatic heterocycles. The first-order valence-corrected chi connectivity index (χ1v) is 6.65. The summed E-state index contributed by atoms with van der Waals surface area (Å²) in [5.41, 5.74) is 0.459. The predicted octanol–water partition coefficient (Wildman–Crippen LogP) is 1.35. The summed E-state index contributed by atoms with van der Waals surface area (Å²) >= 11 is 0. The smallest absolute Gasteiger partial charge is 0.305 e. The van der Waals surface area contributed by atoms with E-state index in [0.29, 0.717) is 24.3 Å². The highest BCUT2D eigenvalue weighted by atomic mass is 16.6. The molecule has 0 fully saturated rings. The van der Waals surface area contributed by atoms with Crippen LogP contribution >= 0.6 is 0 Å². The number of hydrogen-bond acceptors (Lipinski definition) is 6. The first-order chi connectivity index (χ1) is 10.4. The van der Waals surface area contributed by atoms with Crippen molar-refractivity contribution in [1.82, 2.24) is 5.32 Å². The average molecular weight is 310 g/mol. The van der Waals surface area contributed by atoms with Gasteiger partial charge in [0.1, 0.15) is 5.75 Å². The van der Waals surface area contributed by atoms with Gasteiger partial charge in [-0.25, -0.2) is 0 Å². The molecule has 22 heavy (non-hydrogen) atoms. The van der Waals surface area contributed by atoms with E-state index in [1.807, 2.05) is 0 Å². The fourth-order valence-corrected chi connectivity index (χ4v) is 1.69. The van der Waals surface area contributed by atoms with E-state index in [1.165, 1.54) is 25.3 Å². The highest BCUT2D eigenvalue weighted by Gasteiger charge is 2.11. The maximum absolute atomic E-state index is 11.5. The van der Waals surface area contributed by atoms with Crippen molar-refractivity contribution in [2.45, 2.75) is 19.8 Å². The third kappa shape index (κ3) is 5.78. The van der Waals surface area contributed by atoms with Crippen molar-refractivity contribution < 1.29 is 24.0 Å². The van der Waals surface area contributed by atoms with Crippen LogP contribution in [0.3, 0.4) is 0 Å². The van der Waals surface area contributed by atoms with Crippen molar-refractivity contribution >= 4 is 17.6 Å². The van der Waals surface area contributed by atoms with E-state index in [9.17, 15) is 19.7 Å². The van der Waals surface area contributed by atoms with E-state index in [1.54, 1.807) is 6.92 Å². The number of amides is 1. The van der Waals surface area contributed by atoms with Gasteiger partial charge >= 0.3 is 5.97 Å². The quantitative estimate of drug-likeness (QED) is 0.336. The molecule has 0 spiro atoms. The zero-order valence-electron chi connectivity index (χ0n) is 12.5. The molecule has 0 aromatic heterocycles. The number of carbonyl (C=O) groups excluding carboxylic acids is 2. The standard InChI is InChI=1S/C14H18N2O6/c1-10-8-11(5-6-12(10)16(19)20)22-9-13(17)15-7-3-4-14(18)21-2/h5-6,8H,3-4,7,9H2,1-2H3,(H,15,17). The largest absolute Gasteiger partial charge is 0.484 e. The van der Waals surface area contributed by atoms with Crippen LogP contribution in [-0.4, -0.2) is 37.1 Å². The lowest BCUT2D eigenvalue weighted by atomic mass is 10.2. The van der Waals surface area contributed by atoms with E-state index in [-0.39, 0.29) is 30.6 Å². The highest BCUT2D eigenvalue weighted by Crippen LogP contribution is 2.22. The second kappa shape index (κ2) is 8.60. The summed E-state index contributed by atoms with van der Waals surface area (Å²) in [5, 5.41) is 13.3. The number of carbonyl (C=O) groups is 2. The first-order valence-electron chi connectivity index (χ1n) is 6.65. The minimum atomic E-state index is -0.479.